The zero-order chi connectivity index (χ0) is 28.0. The lowest BCUT2D eigenvalue weighted by molar-refractivity contribution is -0.148. The summed E-state index contributed by atoms with van der Waals surface area (Å²) < 4.78 is 0. The van der Waals surface area contributed by atoms with Crippen molar-refractivity contribution in [1.82, 2.24) is 9.80 Å². The molecule has 4 aliphatic rings. The number of primary amides is 1. The molecule has 0 bridgehead atoms. The van der Waals surface area contributed by atoms with E-state index in [1.165, 1.54) is 0 Å². The third kappa shape index (κ3) is 3.28. The van der Waals surface area contributed by atoms with Crippen LogP contribution in [0, 0.1) is 11.8 Å². The van der Waals surface area contributed by atoms with Gasteiger partial charge in [0.2, 0.25) is 5.78 Å². The van der Waals surface area contributed by atoms with Crippen LogP contribution in [0.2, 0.25) is 0 Å². The molecule has 1 aliphatic heterocycles. The summed E-state index contributed by atoms with van der Waals surface area (Å²) in [5, 5.41) is 45.1. The third-order valence-electron chi connectivity index (χ3n) is 8.83. The average Bonchev–Trinajstić information content (AvgIpc) is 2.80. The van der Waals surface area contributed by atoms with Crippen LogP contribution < -0.4 is 10.6 Å². The predicted octanol–water partition coefficient (Wildman–Crippen LogP) is 0.563. The summed E-state index contributed by atoms with van der Waals surface area (Å²) in [6, 6.07) is 0.613. The van der Waals surface area contributed by atoms with Crippen LogP contribution >= 0.6 is 0 Å². The zero-order valence-electron chi connectivity index (χ0n) is 22.1. The van der Waals surface area contributed by atoms with Gasteiger partial charge >= 0.3 is 0 Å². The largest absolute Gasteiger partial charge is 0.510 e. The molecule has 6 N–H and O–H groups in total. The van der Waals surface area contributed by atoms with Crippen molar-refractivity contribution in [1.29, 1.82) is 0 Å². The van der Waals surface area contributed by atoms with Crippen LogP contribution in [0.4, 0.5) is 5.69 Å². The lowest BCUT2D eigenvalue weighted by Gasteiger charge is -2.50. The van der Waals surface area contributed by atoms with E-state index in [0.717, 1.165) is 24.2 Å². The van der Waals surface area contributed by atoms with Crippen LogP contribution in [0.25, 0.3) is 0 Å². The van der Waals surface area contributed by atoms with Crippen LogP contribution in [0.1, 0.15) is 40.4 Å². The van der Waals surface area contributed by atoms with Gasteiger partial charge in [0.25, 0.3) is 5.91 Å². The summed E-state index contributed by atoms with van der Waals surface area (Å²) >= 11 is 0. The van der Waals surface area contributed by atoms with E-state index in [2.05, 4.69) is 9.80 Å². The maximum absolute atomic E-state index is 13.9. The molecule has 1 aromatic rings. The second-order valence-electron chi connectivity index (χ2n) is 11.3. The molecule has 0 aromatic heterocycles. The standard InChI is InChI=1S/C27H34N4O7/c1-29(2)15-6-7-31(5)20-12(15)10-16(32)18-13(20)8-11-9-14-21(30(3)4)23(34)19(26(28)37)25(36)27(14,38)24(35)17(11)22(18)33/h10-11,14-15,21,32,34-35,38H,6-9H2,1-5H3,(H2,28,37)/t11-,14-,15?,21-,27+/m1/s1. The topological polar surface area (TPSA) is 168 Å². The van der Waals surface area contributed by atoms with Crippen LogP contribution in [-0.2, 0) is 16.0 Å². The fraction of sp³-hybridized carbons (Fsp3) is 0.519. The molecular weight excluding hydrogens is 492 g/mol. The third-order valence-corrected chi connectivity index (χ3v) is 8.83. The molecule has 11 nitrogen and oxygen atoms in total. The highest BCUT2D eigenvalue weighted by molar-refractivity contribution is 6.24. The summed E-state index contributed by atoms with van der Waals surface area (Å²) in [7, 11) is 9.08. The van der Waals surface area contributed by atoms with E-state index in [4.69, 9.17) is 5.73 Å². The first-order chi connectivity index (χ1) is 17.7. The molecule has 0 saturated carbocycles. The van der Waals surface area contributed by atoms with E-state index < -0.39 is 58.0 Å². The molecule has 5 atom stereocenters. The molecule has 1 aromatic carbocycles. The number of hydrogen-bond donors (Lipinski definition) is 5. The molecule has 0 saturated heterocycles. The molecule has 1 unspecified atom stereocenters. The first-order valence-corrected chi connectivity index (χ1v) is 12.6. The number of aliphatic hydroxyl groups is 3. The van der Waals surface area contributed by atoms with E-state index in [1.54, 1.807) is 25.1 Å². The Hall–Kier alpha value is -3.41. The van der Waals surface area contributed by atoms with Gasteiger partial charge in [-0.25, -0.2) is 0 Å². The minimum atomic E-state index is -2.64. The fourth-order valence-electron chi connectivity index (χ4n) is 7.16. The lowest BCUT2D eigenvalue weighted by Crippen LogP contribution is -2.63. The van der Waals surface area contributed by atoms with E-state index in [0.29, 0.717) is 5.56 Å². The monoisotopic (exact) mass is 526 g/mol. The summed E-state index contributed by atoms with van der Waals surface area (Å²) in [6.07, 6.45) is 1.18. The number of rotatable bonds is 3. The number of aromatic hydroxyl groups is 1. The number of carbonyl (C=O) groups excluding carboxylic acids is 3. The Bertz CT molecular complexity index is 1350. The van der Waals surface area contributed by atoms with Crippen molar-refractivity contribution in [2.24, 2.45) is 17.6 Å². The molecule has 3 aliphatic carbocycles. The number of ketones is 2. The van der Waals surface area contributed by atoms with Gasteiger partial charge in [-0.15, -0.1) is 0 Å². The number of phenols is 1. The number of anilines is 1. The number of likely N-dealkylation sites (N-methyl/N-ethyl adjacent to an activating group) is 1. The Morgan fingerprint density at radius 1 is 1.13 bits per heavy atom. The van der Waals surface area contributed by atoms with E-state index in [9.17, 15) is 34.8 Å². The molecule has 5 rings (SSSR count). The number of benzene rings is 1. The number of phenolic OH excluding ortho intramolecular Hbond substituents is 1. The summed E-state index contributed by atoms with van der Waals surface area (Å²) in [5.41, 5.74) is 4.24. The van der Waals surface area contributed by atoms with Gasteiger partial charge < -0.3 is 36.0 Å². The maximum Gasteiger partial charge on any atom is 0.255 e. The number of nitrogens with zero attached hydrogens (tertiary/aromatic N) is 3. The van der Waals surface area contributed by atoms with Gasteiger partial charge in [0.05, 0.1) is 11.6 Å². The van der Waals surface area contributed by atoms with E-state index in [-0.39, 0.29) is 35.8 Å². The van der Waals surface area contributed by atoms with Gasteiger partial charge in [-0.1, -0.05) is 0 Å². The zero-order valence-corrected chi connectivity index (χ0v) is 22.1. The molecule has 1 heterocycles. The predicted molar refractivity (Wildman–Crippen MR) is 138 cm³/mol. The Balaban J connectivity index is 1.73. The van der Waals surface area contributed by atoms with Crippen molar-refractivity contribution < 1.29 is 34.8 Å². The second-order valence-corrected chi connectivity index (χ2v) is 11.3. The van der Waals surface area contributed by atoms with Crippen LogP contribution in [0.3, 0.4) is 0 Å². The number of Topliss-reactive ketones (excluding diaryl/α,β-unsaturated/α-hetero) is 2. The Morgan fingerprint density at radius 3 is 2.37 bits per heavy atom. The molecule has 1 amide bonds. The van der Waals surface area contributed by atoms with Gasteiger partial charge in [-0.3, -0.25) is 19.3 Å². The molecule has 11 heteroatoms. The molecule has 0 radical (unpaired) electrons. The molecule has 0 fully saturated rings. The van der Waals surface area contributed by atoms with Gasteiger partial charge in [0.1, 0.15) is 22.8 Å². The van der Waals surface area contributed by atoms with Crippen molar-refractivity contribution in [3.05, 3.63) is 45.4 Å². The first kappa shape index (κ1) is 26.2. The van der Waals surface area contributed by atoms with Crippen molar-refractivity contribution in [3.8, 4) is 5.75 Å². The van der Waals surface area contributed by atoms with E-state index in [1.807, 2.05) is 21.1 Å². The second kappa shape index (κ2) is 8.55. The summed E-state index contributed by atoms with van der Waals surface area (Å²) in [5.74, 6) is -6.46. The Kier molecular flexibility index (Phi) is 5.90. The quantitative estimate of drug-likeness (QED) is 0.351. The summed E-state index contributed by atoms with van der Waals surface area (Å²) in [4.78, 5) is 45.1. The number of hydrogen-bond acceptors (Lipinski definition) is 10. The van der Waals surface area contributed by atoms with Crippen LogP contribution in [-0.4, -0.2) is 101 Å². The fourth-order valence-corrected chi connectivity index (χ4v) is 7.16. The first-order valence-electron chi connectivity index (χ1n) is 12.6. The minimum absolute atomic E-state index is 0.0378. The highest BCUT2D eigenvalue weighted by Crippen LogP contribution is 2.54. The maximum atomic E-state index is 13.9. The lowest BCUT2D eigenvalue weighted by atomic mass is 9.58. The Labute approximate surface area is 220 Å². The normalized spacial score (nSPS) is 30.9. The Morgan fingerprint density at radius 2 is 1.79 bits per heavy atom. The highest BCUT2D eigenvalue weighted by atomic mass is 16.3. The van der Waals surface area contributed by atoms with Crippen molar-refractivity contribution >= 4 is 23.2 Å². The number of amides is 1. The number of carbonyl (C=O) groups is 3. The van der Waals surface area contributed by atoms with Crippen molar-refractivity contribution in [3.63, 3.8) is 0 Å². The SMILES string of the molecule is CN1CCC(N(C)C)c2cc(O)c3c(c21)C[C@@H]1C[C@@H]2[C@@H](N(C)C)C(O)=C(C(N)=O)C(=O)[C@@]2(O)C(O)=C1C3=O. The van der Waals surface area contributed by atoms with Crippen LogP contribution in [0.5, 0.6) is 5.75 Å². The molecule has 204 valence electrons. The molecule has 0 spiro atoms. The minimum Gasteiger partial charge on any atom is -0.510 e. The van der Waals surface area contributed by atoms with Gasteiger partial charge in [0.15, 0.2) is 11.4 Å². The van der Waals surface area contributed by atoms with Crippen molar-refractivity contribution in [2.45, 2.75) is 36.9 Å². The van der Waals surface area contributed by atoms with Gasteiger partial charge in [0, 0.05) is 36.8 Å². The highest BCUT2D eigenvalue weighted by Gasteiger charge is 2.63. The number of nitrogens with two attached hydrogens (primary N) is 1. The summed E-state index contributed by atoms with van der Waals surface area (Å²) in [6.45, 7) is 0.744. The van der Waals surface area contributed by atoms with Crippen LogP contribution in [0.15, 0.2) is 28.7 Å². The number of aliphatic hydroxyl groups excluding tert-OH is 2. The smallest absolute Gasteiger partial charge is 0.255 e. The molecular formula is C27H34N4O7. The molecule has 38 heavy (non-hydrogen) atoms. The number of allylic oxidation sites excluding steroid dienone is 1. The average molecular weight is 527 g/mol. The van der Waals surface area contributed by atoms with Crippen molar-refractivity contribution in [2.75, 3.05) is 46.7 Å². The van der Waals surface area contributed by atoms with E-state index >= 15 is 0 Å². The van der Waals surface area contributed by atoms with Gasteiger partial charge in [-0.05, 0) is 70.6 Å². The van der Waals surface area contributed by atoms with Gasteiger partial charge in [-0.2, -0.15) is 0 Å². The number of fused-ring (bicyclic) bond motifs is 5.